The van der Waals surface area contributed by atoms with Crippen LogP contribution < -0.4 is 16.4 Å². The van der Waals surface area contributed by atoms with Crippen LogP contribution in [-0.4, -0.2) is 57.6 Å². The number of amides is 4. The Bertz CT molecular complexity index is 941. The molecule has 2 fully saturated rings. The summed E-state index contributed by atoms with van der Waals surface area (Å²) in [7, 11) is 0. The van der Waals surface area contributed by atoms with Gasteiger partial charge in [-0.25, -0.2) is 4.79 Å². The Morgan fingerprint density at radius 3 is 2.62 bits per heavy atom. The van der Waals surface area contributed by atoms with Gasteiger partial charge < -0.3 is 21.3 Å². The van der Waals surface area contributed by atoms with Crippen molar-refractivity contribution in [1.29, 1.82) is 0 Å². The highest BCUT2D eigenvalue weighted by molar-refractivity contribution is 9.10. The van der Waals surface area contributed by atoms with E-state index < -0.39 is 47.2 Å². The van der Waals surface area contributed by atoms with E-state index in [0.29, 0.717) is 16.5 Å². The molecule has 174 valence electrons. The number of imide groups is 1. The largest absolute Gasteiger partial charge is 0.508 e. The third-order valence-electron chi connectivity index (χ3n) is 6.23. The van der Waals surface area contributed by atoms with E-state index in [1.54, 1.807) is 12.1 Å². The molecule has 1 aromatic carbocycles. The number of primary amides is 1. The molecule has 4 amide bonds. The molecule has 4 atom stereocenters. The summed E-state index contributed by atoms with van der Waals surface area (Å²) in [6.45, 7) is 2.28. The van der Waals surface area contributed by atoms with Gasteiger partial charge in [-0.2, -0.15) is 0 Å². The molecule has 2 saturated heterocycles. The number of carbonyl (C=O) groups is 4. The molecular weight excluding hydrogens is 484 g/mol. The zero-order chi connectivity index (χ0) is 23.6. The third-order valence-corrected chi connectivity index (χ3v) is 6.73. The topological polar surface area (TPSA) is 162 Å². The number of hydrogen-bond acceptors (Lipinski definition) is 6. The van der Waals surface area contributed by atoms with Crippen molar-refractivity contribution in [3.05, 3.63) is 28.2 Å². The normalized spacial score (nSPS) is 26.9. The van der Waals surface area contributed by atoms with Crippen LogP contribution in [0.25, 0.3) is 0 Å². The van der Waals surface area contributed by atoms with Gasteiger partial charge in [0.1, 0.15) is 11.3 Å². The van der Waals surface area contributed by atoms with Crippen LogP contribution in [0.15, 0.2) is 22.7 Å². The number of aliphatic carboxylic acids is 1. The number of nitrogens with two attached hydrogens (primary N) is 1. The molecule has 0 bridgehead atoms. The number of carboxylic acids is 1. The van der Waals surface area contributed by atoms with Crippen LogP contribution in [0.1, 0.15) is 44.2 Å². The number of nitrogens with zero attached hydrogens (tertiary/aromatic N) is 1. The molecular formula is C21H27BrN4O6. The van der Waals surface area contributed by atoms with Crippen molar-refractivity contribution in [2.24, 2.45) is 17.6 Å². The van der Waals surface area contributed by atoms with Crippen LogP contribution in [0.2, 0.25) is 0 Å². The molecule has 4 unspecified atom stereocenters. The minimum absolute atomic E-state index is 0.0182. The number of fused-ring (bicyclic) bond motifs is 1. The number of carbonyl (C=O) groups excluding carboxylic acids is 3. The number of nitrogens with one attached hydrogen (secondary N) is 2. The fourth-order valence-corrected chi connectivity index (χ4v) is 5.13. The number of urea groups is 1. The fraction of sp³-hybridized carbons (Fsp3) is 0.524. The lowest BCUT2D eigenvalue weighted by Gasteiger charge is -2.31. The van der Waals surface area contributed by atoms with Gasteiger partial charge in [0.05, 0.1) is 11.8 Å². The maximum atomic E-state index is 13.3. The first-order chi connectivity index (χ1) is 15.1. The second-order valence-electron chi connectivity index (χ2n) is 8.18. The lowest BCUT2D eigenvalue weighted by Crippen LogP contribution is -2.56. The van der Waals surface area contributed by atoms with Gasteiger partial charge >= 0.3 is 12.0 Å². The van der Waals surface area contributed by atoms with Crippen LogP contribution in [0.4, 0.5) is 4.79 Å². The number of rotatable bonds is 9. The molecule has 32 heavy (non-hydrogen) atoms. The first kappa shape index (κ1) is 24.0. The monoisotopic (exact) mass is 510 g/mol. The molecule has 2 heterocycles. The summed E-state index contributed by atoms with van der Waals surface area (Å²) in [5.74, 6) is -4.44. The summed E-state index contributed by atoms with van der Waals surface area (Å²) in [6.07, 6.45) is 1.58. The van der Waals surface area contributed by atoms with Gasteiger partial charge in [0, 0.05) is 29.2 Å². The van der Waals surface area contributed by atoms with Gasteiger partial charge in [-0.15, -0.1) is 0 Å². The zero-order valence-corrected chi connectivity index (χ0v) is 19.2. The fourth-order valence-electron chi connectivity index (χ4n) is 4.75. The van der Waals surface area contributed by atoms with E-state index in [1.807, 2.05) is 6.92 Å². The van der Waals surface area contributed by atoms with Crippen molar-refractivity contribution < 1.29 is 29.4 Å². The van der Waals surface area contributed by atoms with Gasteiger partial charge in [-0.3, -0.25) is 24.6 Å². The summed E-state index contributed by atoms with van der Waals surface area (Å²) in [5.41, 5.74) is 3.68. The smallest absolute Gasteiger partial charge is 0.324 e. The second-order valence-corrected chi connectivity index (χ2v) is 9.10. The van der Waals surface area contributed by atoms with Crippen molar-refractivity contribution in [2.45, 2.75) is 44.2 Å². The number of phenols is 1. The average molecular weight is 511 g/mol. The molecule has 0 saturated carbocycles. The molecule has 1 aromatic rings. The highest BCUT2D eigenvalue weighted by Crippen LogP contribution is 2.52. The highest BCUT2D eigenvalue weighted by atomic mass is 79.9. The number of likely N-dealkylation sites (tertiary alicyclic amines) is 1. The predicted molar refractivity (Wildman–Crippen MR) is 117 cm³/mol. The Hall–Kier alpha value is -2.66. The lowest BCUT2D eigenvalue weighted by molar-refractivity contribution is -0.151. The third kappa shape index (κ3) is 4.18. The summed E-state index contributed by atoms with van der Waals surface area (Å²) in [6, 6.07) is 3.08. The molecule has 3 rings (SSSR count). The van der Waals surface area contributed by atoms with Crippen LogP contribution in [0.5, 0.6) is 5.75 Å². The Morgan fingerprint density at radius 1 is 1.28 bits per heavy atom. The summed E-state index contributed by atoms with van der Waals surface area (Å²) in [5, 5.41) is 26.2. The van der Waals surface area contributed by atoms with Crippen molar-refractivity contribution in [3.63, 3.8) is 0 Å². The second kappa shape index (κ2) is 9.45. The highest BCUT2D eigenvalue weighted by Gasteiger charge is 2.68. The summed E-state index contributed by atoms with van der Waals surface area (Å²) in [4.78, 5) is 51.4. The van der Waals surface area contributed by atoms with Crippen molar-refractivity contribution in [2.75, 3.05) is 13.1 Å². The van der Waals surface area contributed by atoms with Gasteiger partial charge in [0.2, 0.25) is 11.8 Å². The van der Waals surface area contributed by atoms with E-state index >= 15 is 0 Å². The van der Waals surface area contributed by atoms with Crippen LogP contribution in [-0.2, 0) is 14.4 Å². The Balaban J connectivity index is 2.04. The van der Waals surface area contributed by atoms with Gasteiger partial charge in [-0.05, 0) is 37.5 Å². The molecule has 6 N–H and O–H groups in total. The first-order valence-electron chi connectivity index (χ1n) is 10.5. The van der Waals surface area contributed by atoms with E-state index in [2.05, 4.69) is 26.6 Å². The van der Waals surface area contributed by atoms with E-state index in [4.69, 9.17) is 5.73 Å². The number of unbranched alkanes of at least 4 members (excludes halogenated alkanes) is 1. The zero-order valence-electron chi connectivity index (χ0n) is 17.6. The maximum absolute atomic E-state index is 13.3. The summed E-state index contributed by atoms with van der Waals surface area (Å²) >= 11 is 3.34. The number of carboxylic acid groups (broad SMARTS) is 1. The van der Waals surface area contributed by atoms with Gasteiger partial charge in [-0.1, -0.05) is 29.3 Å². The van der Waals surface area contributed by atoms with Gasteiger partial charge in [0.25, 0.3) is 0 Å². The number of halogens is 1. The molecule has 2 aliphatic rings. The molecule has 0 radical (unpaired) electrons. The quantitative estimate of drug-likeness (QED) is 0.248. The summed E-state index contributed by atoms with van der Waals surface area (Å²) < 4.78 is 0.641. The molecule has 0 spiro atoms. The maximum Gasteiger partial charge on any atom is 0.324 e. The van der Waals surface area contributed by atoms with Crippen LogP contribution in [0, 0.1) is 11.8 Å². The number of hydrogen-bond donors (Lipinski definition) is 5. The van der Waals surface area contributed by atoms with E-state index in [9.17, 15) is 29.4 Å². The molecule has 10 nitrogen and oxygen atoms in total. The average Bonchev–Trinajstić information content (AvgIpc) is 3.20. The van der Waals surface area contributed by atoms with E-state index in [1.165, 1.54) is 6.07 Å². The van der Waals surface area contributed by atoms with E-state index in [0.717, 1.165) is 11.3 Å². The van der Waals surface area contributed by atoms with Gasteiger partial charge in [0.15, 0.2) is 0 Å². The minimum Gasteiger partial charge on any atom is -0.508 e. The van der Waals surface area contributed by atoms with Crippen molar-refractivity contribution in [3.8, 4) is 5.75 Å². The number of benzene rings is 1. The molecule has 11 heteroatoms. The van der Waals surface area contributed by atoms with E-state index in [-0.39, 0.29) is 31.7 Å². The lowest BCUT2D eigenvalue weighted by atomic mass is 9.77. The number of aromatic hydroxyl groups is 1. The number of phenolic OH excluding ortho intramolecular Hbond substituents is 1. The van der Waals surface area contributed by atoms with Crippen LogP contribution >= 0.6 is 15.9 Å². The molecule has 0 aliphatic carbocycles. The Labute approximate surface area is 193 Å². The standard InChI is InChI=1S/C21H27BrN4O6/c1-2-3-9-26-17(28)14-15(18(26)29)21(19(30)31,7-4-8-24-20(23)32)25-16(14)12-10-11(22)5-6-13(12)27/h5-6,10,14-16,25,27H,2-4,7-9H2,1H3,(H,30,31)(H3,23,24,32). The van der Waals surface area contributed by atoms with Crippen LogP contribution in [0.3, 0.4) is 0 Å². The van der Waals surface area contributed by atoms with Crippen molar-refractivity contribution in [1.82, 2.24) is 15.5 Å². The first-order valence-corrected chi connectivity index (χ1v) is 11.3. The Morgan fingerprint density at radius 2 is 2.00 bits per heavy atom. The predicted octanol–water partition coefficient (Wildman–Crippen LogP) is 1.47. The SMILES string of the molecule is CCCCN1C(=O)C2C(c3cc(Br)ccc3O)NC(CCCNC(N)=O)(C(=O)O)C2C1=O. The molecule has 0 aromatic heterocycles. The van der Waals surface area contributed by atoms with Crippen molar-refractivity contribution >= 4 is 39.7 Å². The molecule has 2 aliphatic heterocycles. The minimum atomic E-state index is -1.74. The Kier molecular flexibility index (Phi) is 7.09.